The Balaban J connectivity index is 2.07. The van der Waals surface area contributed by atoms with Crippen LogP contribution in [0.4, 0.5) is 5.69 Å². The Hall–Kier alpha value is -1.62. The Morgan fingerprint density at radius 1 is 1.67 bits per heavy atom. The Morgan fingerprint density at radius 3 is 2.93 bits per heavy atom. The number of non-ortho nitro benzene ring substituents is 1. The molecular weight excluding hydrogens is 198 g/mol. The molecule has 1 unspecified atom stereocenters. The van der Waals surface area contributed by atoms with Gasteiger partial charge in [-0.1, -0.05) is 0 Å². The molecule has 80 valence electrons. The topological polar surface area (TPSA) is 64.9 Å². The fourth-order valence-corrected chi connectivity index (χ4v) is 1.26. The summed E-state index contributed by atoms with van der Waals surface area (Å²) >= 11 is 0. The molecule has 0 spiro atoms. The van der Waals surface area contributed by atoms with Gasteiger partial charge in [-0.3, -0.25) is 10.1 Å². The van der Waals surface area contributed by atoms with Gasteiger partial charge in [-0.05, 0) is 18.6 Å². The van der Waals surface area contributed by atoms with Gasteiger partial charge < -0.3 is 9.47 Å². The van der Waals surface area contributed by atoms with E-state index in [-0.39, 0.29) is 11.8 Å². The van der Waals surface area contributed by atoms with Crippen molar-refractivity contribution in [2.24, 2.45) is 0 Å². The minimum absolute atomic E-state index is 0.0857. The van der Waals surface area contributed by atoms with Gasteiger partial charge in [-0.2, -0.15) is 0 Å². The van der Waals surface area contributed by atoms with Gasteiger partial charge >= 0.3 is 0 Å². The van der Waals surface area contributed by atoms with Crippen molar-refractivity contribution in [3.63, 3.8) is 0 Å². The molecule has 1 saturated heterocycles. The Morgan fingerprint density at radius 2 is 2.40 bits per heavy atom. The summed E-state index contributed by atoms with van der Waals surface area (Å²) in [4.78, 5) is 10.1. The van der Waals surface area contributed by atoms with Crippen molar-refractivity contribution in [2.75, 3.05) is 13.2 Å². The third kappa shape index (κ3) is 2.44. The third-order valence-corrected chi connectivity index (χ3v) is 2.20. The number of benzene rings is 1. The highest BCUT2D eigenvalue weighted by Gasteiger charge is 2.23. The second-order valence-corrected chi connectivity index (χ2v) is 3.47. The fraction of sp³-hybridized carbons (Fsp3) is 0.400. The van der Waals surface area contributed by atoms with Crippen LogP contribution in [0.25, 0.3) is 0 Å². The van der Waals surface area contributed by atoms with E-state index in [1.54, 1.807) is 13.0 Å². The van der Waals surface area contributed by atoms with E-state index in [1.807, 2.05) is 0 Å². The van der Waals surface area contributed by atoms with Crippen molar-refractivity contribution < 1.29 is 14.4 Å². The molecule has 0 aliphatic carbocycles. The number of nitro benzene ring substituents is 1. The van der Waals surface area contributed by atoms with Gasteiger partial charge in [0.2, 0.25) is 0 Å². The standard InChI is InChI=1S/C10H11NO4/c1-7-4-8(11(12)13)2-3-10(7)15-6-9-5-14-9/h2-4,9H,5-6H2,1H3. The molecule has 5 nitrogen and oxygen atoms in total. The average Bonchev–Trinajstić information content (AvgIpc) is 2.99. The predicted molar refractivity (Wildman–Crippen MR) is 53.1 cm³/mol. The monoisotopic (exact) mass is 209 g/mol. The summed E-state index contributed by atoms with van der Waals surface area (Å²) < 4.78 is 10.4. The quantitative estimate of drug-likeness (QED) is 0.430. The van der Waals surface area contributed by atoms with Crippen molar-refractivity contribution in [1.82, 2.24) is 0 Å². The molecule has 1 aromatic rings. The van der Waals surface area contributed by atoms with Crippen LogP contribution in [0.5, 0.6) is 5.75 Å². The van der Waals surface area contributed by atoms with E-state index >= 15 is 0 Å². The molecule has 1 aliphatic heterocycles. The molecule has 1 aliphatic rings. The smallest absolute Gasteiger partial charge is 0.269 e. The molecule has 0 amide bonds. The van der Waals surface area contributed by atoms with Gasteiger partial charge in [-0.25, -0.2) is 0 Å². The normalized spacial score (nSPS) is 18.6. The summed E-state index contributed by atoms with van der Waals surface area (Å²) in [5, 5.41) is 10.5. The van der Waals surface area contributed by atoms with Crippen LogP contribution in [0.2, 0.25) is 0 Å². The molecule has 0 N–H and O–H groups in total. The predicted octanol–water partition coefficient (Wildman–Crippen LogP) is 1.68. The summed E-state index contributed by atoms with van der Waals surface area (Å²) in [7, 11) is 0. The Kier molecular flexibility index (Phi) is 2.55. The number of ether oxygens (including phenoxy) is 2. The molecule has 1 heterocycles. The largest absolute Gasteiger partial charge is 0.491 e. The lowest BCUT2D eigenvalue weighted by Gasteiger charge is -2.06. The maximum absolute atomic E-state index is 10.5. The van der Waals surface area contributed by atoms with Crippen LogP contribution >= 0.6 is 0 Å². The van der Waals surface area contributed by atoms with E-state index in [2.05, 4.69) is 0 Å². The van der Waals surface area contributed by atoms with Crippen LogP contribution in [-0.4, -0.2) is 24.2 Å². The Labute approximate surface area is 86.8 Å². The molecule has 0 aromatic heterocycles. The lowest BCUT2D eigenvalue weighted by Crippen LogP contribution is -2.05. The molecule has 0 saturated carbocycles. The van der Waals surface area contributed by atoms with E-state index in [0.29, 0.717) is 12.4 Å². The Bertz CT molecular complexity index is 387. The minimum Gasteiger partial charge on any atom is -0.491 e. The highest BCUT2D eigenvalue weighted by Crippen LogP contribution is 2.24. The molecule has 1 atom stereocenters. The van der Waals surface area contributed by atoms with Crippen LogP contribution in [0.3, 0.4) is 0 Å². The molecule has 5 heteroatoms. The van der Waals surface area contributed by atoms with Gasteiger partial charge in [-0.15, -0.1) is 0 Å². The van der Waals surface area contributed by atoms with Crippen molar-refractivity contribution in [3.05, 3.63) is 33.9 Å². The number of aryl methyl sites for hydroxylation is 1. The van der Waals surface area contributed by atoms with E-state index in [0.717, 1.165) is 12.2 Å². The number of nitrogens with zero attached hydrogens (tertiary/aromatic N) is 1. The maximum Gasteiger partial charge on any atom is 0.269 e. The SMILES string of the molecule is Cc1cc([N+](=O)[O-])ccc1OCC1CO1. The van der Waals surface area contributed by atoms with Gasteiger partial charge in [0.05, 0.1) is 11.5 Å². The summed E-state index contributed by atoms with van der Waals surface area (Å²) in [5.41, 5.74) is 0.854. The third-order valence-electron chi connectivity index (χ3n) is 2.20. The molecule has 1 aromatic carbocycles. The lowest BCUT2D eigenvalue weighted by atomic mass is 10.2. The first-order chi connectivity index (χ1) is 7.16. The second-order valence-electron chi connectivity index (χ2n) is 3.47. The summed E-state index contributed by atoms with van der Waals surface area (Å²) in [6.45, 7) is 3.04. The zero-order valence-electron chi connectivity index (χ0n) is 8.30. The zero-order valence-corrected chi connectivity index (χ0v) is 8.30. The first-order valence-electron chi connectivity index (χ1n) is 4.66. The van der Waals surface area contributed by atoms with E-state index in [1.165, 1.54) is 12.1 Å². The van der Waals surface area contributed by atoms with Gasteiger partial charge in [0.25, 0.3) is 5.69 Å². The van der Waals surface area contributed by atoms with E-state index < -0.39 is 4.92 Å². The first-order valence-corrected chi connectivity index (χ1v) is 4.66. The second kappa shape index (κ2) is 3.86. The van der Waals surface area contributed by atoms with Gasteiger partial charge in [0.15, 0.2) is 0 Å². The number of rotatable bonds is 4. The highest BCUT2D eigenvalue weighted by atomic mass is 16.6. The summed E-state index contributed by atoms with van der Waals surface area (Å²) in [5.74, 6) is 0.677. The minimum atomic E-state index is -0.416. The highest BCUT2D eigenvalue weighted by molar-refractivity contribution is 5.42. The van der Waals surface area contributed by atoms with Crippen LogP contribution in [0.1, 0.15) is 5.56 Å². The van der Waals surface area contributed by atoms with Crippen LogP contribution in [-0.2, 0) is 4.74 Å². The van der Waals surface area contributed by atoms with Gasteiger partial charge in [0, 0.05) is 12.1 Å². The maximum atomic E-state index is 10.5. The van der Waals surface area contributed by atoms with Crippen LogP contribution in [0, 0.1) is 17.0 Å². The number of nitro groups is 1. The molecule has 1 fully saturated rings. The van der Waals surface area contributed by atoms with Crippen molar-refractivity contribution >= 4 is 5.69 Å². The fourth-order valence-electron chi connectivity index (χ4n) is 1.26. The number of hydrogen-bond donors (Lipinski definition) is 0. The van der Waals surface area contributed by atoms with Crippen molar-refractivity contribution in [2.45, 2.75) is 13.0 Å². The van der Waals surface area contributed by atoms with E-state index in [4.69, 9.17) is 9.47 Å². The first kappa shape index (κ1) is 9.92. The van der Waals surface area contributed by atoms with E-state index in [9.17, 15) is 10.1 Å². The molecular formula is C10H11NO4. The number of hydrogen-bond acceptors (Lipinski definition) is 4. The molecule has 0 radical (unpaired) electrons. The molecule has 15 heavy (non-hydrogen) atoms. The van der Waals surface area contributed by atoms with Crippen molar-refractivity contribution in [3.8, 4) is 5.75 Å². The van der Waals surface area contributed by atoms with Crippen molar-refractivity contribution in [1.29, 1.82) is 0 Å². The van der Waals surface area contributed by atoms with Gasteiger partial charge in [0.1, 0.15) is 18.5 Å². The lowest BCUT2D eigenvalue weighted by molar-refractivity contribution is -0.384. The zero-order chi connectivity index (χ0) is 10.8. The van der Waals surface area contributed by atoms with Crippen LogP contribution < -0.4 is 4.74 Å². The molecule has 2 rings (SSSR count). The number of epoxide rings is 1. The van der Waals surface area contributed by atoms with Crippen LogP contribution in [0.15, 0.2) is 18.2 Å². The molecule has 0 bridgehead atoms. The summed E-state index contributed by atoms with van der Waals surface area (Å²) in [6.07, 6.45) is 0.194. The summed E-state index contributed by atoms with van der Waals surface area (Å²) in [6, 6.07) is 4.56. The average molecular weight is 209 g/mol.